The van der Waals surface area contributed by atoms with Gasteiger partial charge in [0.25, 0.3) is 5.91 Å². The molecule has 1 aliphatic heterocycles. The zero-order valence-electron chi connectivity index (χ0n) is 15.8. The van der Waals surface area contributed by atoms with Crippen LogP contribution in [0.15, 0.2) is 48.5 Å². The van der Waals surface area contributed by atoms with Crippen LogP contribution in [-0.4, -0.2) is 39.1 Å². The molecule has 1 aliphatic rings. The summed E-state index contributed by atoms with van der Waals surface area (Å²) in [6.07, 6.45) is 0.251. The number of amides is 2. The van der Waals surface area contributed by atoms with Crippen molar-refractivity contribution in [1.29, 1.82) is 0 Å². The lowest BCUT2D eigenvalue weighted by atomic mass is 10.1. The highest BCUT2D eigenvalue weighted by atomic mass is 16.5. The molecule has 0 aromatic heterocycles. The number of carbonyl (C=O) groups is 2. The molecule has 0 saturated carbocycles. The van der Waals surface area contributed by atoms with E-state index in [-0.39, 0.29) is 24.8 Å². The number of quaternary nitrogens is 1. The van der Waals surface area contributed by atoms with Crippen LogP contribution in [0.4, 0.5) is 5.69 Å². The number of nitrogens with one attached hydrogen (secondary N) is 2. The standard InChI is InChI=1S/C21H25N3O3/c1-23(2)14-17-8-4-3-7-16(17)13-22-20(25)11-12-24-18-9-5-6-10-19(18)27-15-21(24)26/h3-10H,11-15H2,1-2H3,(H,22,25)/p+1. The first-order valence-corrected chi connectivity index (χ1v) is 9.19. The fourth-order valence-electron chi connectivity index (χ4n) is 3.18. The number of hydrogen-bond acceptors (Lipinski definition) is 3. The molecule has 0 radical (unpaired) electrons. The van der Waals surface area contributed by atoms with Gasteiger partial charge < -0.3 is 19.9 Å². The number of hydrogen-bond donors (Lipinski definition) is 2. The van der Waals surface area contributed by atoms with Crippen LogP contribution in [0.3, 0.4) is 0 Å². The van der Waals surface area contributed by atoms with Gasteiger partial charge in [-0.1, -0.05) is 36.4 Å². The van der Waals surface area contributed by atoms with Gasteiger partial charge in [0, 0.05) is 25.1 Å². The van der Waals surface area contributed by atoms with Crippen LogP contribution < -0.4 is 19.9 Å². The van der Waals surface area contributed by atoms with Crippen LogP contribution in [-0.2, 0) is 22.7 Å². The predicted octanol–water partition coefficient (Wildman–Crippen LogP) is 0.763. The molecule has 2 amide bonds. The maximum atomic E-state index is 12.3. The molecule has 2 aromatic carbocycles. The highest BCUT2D eigenvalue weighted by Gasteiger charge is 2.25. The first-order chi connectivity index (χ1) is 13.0. The molecule has 6 heteroatoms. The van der Waals surface area contributed by atoms with Gasteiger partial charge in [-0.05, 0) is 17.7 Å². The van der Waals surface area contributed by atoms with Crippen molar-refractivity contribution < 1.29 is 19.2 Å². The van der Waals surface area contributed by atoms with Crippen LogP contribution in [0.25, 0.3) is 0 Å². The average Bonchev–Trinajstić information content (AvgIpc) is 2.66. The van der Waals surface area contributed by atoms with E-state index in [9.17, 15) is 9.59 Å². The number of ether oxygens (including phenoxy) is 1. The van der Waals surface area contributed by atoms with Gasteiger partial charge in [-0.25, -0.2) is 0 Å². The Morgan fingerprint density at radius 1 is 1.11 bits per heavy atom. The minimum atomic E-state index is -0.124. The van der Waals surface area contributed by atoms with E-state index >= 15 is 0 Å². The van der Waals surface area contributed by atoms with Crippen molar-refractivity contribution in [1.82, 2.24) is 5.32 Å². The number of nitrogens with zero attached hydrogens (tertiary/aromatic N) is 1. The molecule has 27 heavy (non-hydrogen) atoms. The summed E-state index contributed by atoms with van der Waals surface area (Å²) in [5, 5.41) is 2.97. The Morgan fingerprint density at radius 3 is 2.59 bits per heavy atom. The highest BCUT2D eigenvalue weighted by Crippen LogP contribution is 2.31. The monoisotopic (exact) mass is 368 g/mol. The van der Waals surface area contributed by atoms with Crippen LogP contribution in [0.2, 0.25) is 0 Å². The lowest BCUT2D eigenvalue weighted by Gasteiger charge is -2.29. The molecular formula is C21H26N3O3+. The number of fused-ring (bicyclic) bond motifs is 1. The number of benzene rings is 2. The first-order valence-electron chi connectivity index (χ1n) is 9.19. The minimum absolute atomic E-state index is 0.0128. The van der Waals surface area contributed by atoms with Crippen molar-refractivity contribution >= 4 is 17.5 Å². The number of carbonyl (C=O) groups excluding carboxylic acids is 2. The molecule has 6 nitrogen and oxygen atoms in total. The quantitative estimate of drug-likeness (QED) is 0.759. The molecule has 0 unspecified atom stereocenters. The van der Waals surface area contributed by atoms with Gasteiger partial charge in [0.2, 0.25) is 5.91 Å². The predicted molar refractivity (Wildman–Crippen MR) is 104 cm³/mol. The van der Waals surface area contributed by atoms with Crippen molar-refractivity contribution in [2.75, 3.05) is 32.1 Å². The SMILES string of the molecule is C[NH+](C)Cc1ccccc1CNC(=O)CCN1C(=O)COc2ccccc21. The average molecular weight is 368 g/mol. The Labute approximate surface area is 159 Å². The molecule has 142 valence electrons. The third-order valence-corrected chi connectivity index (χ3v) is 4.51. The maximum absolute atomic E-state index is 12.3. The number of para-hydroxylation sites is 2. The summed E-state index contributed by atoms with van der Waals surface area (Å²) in [5.74, 6) is 0.484. The van der Waals surface area contributed by atoms with E-state index in [0.29, 0.717) is 18.8 Å². The Kier molecular flexibility index (Phi) is 6.08. The summed E-state index contributed by atoms with van der Waals surface area (Å²) < 4.78 is 5.43. The van der Waals surface area contributed by atoms with Gasteiger partial charge >= 0.3 is 0 Å². The molecule has 0 bridgehead atoms. The smallest absolute Gasteiger partial charge is 0.265 e. The third-order valence-electron chi connectivity index (χ3n) is 4.51. The Morgan fingerprint density at radius 2 is 1.81 bits per heavy atom. The molecule has 2 N–H and O–H groups in total. The van der Waals surface area contributed by atoms with Gasteiger partial charge in [0.15, 0.2) is 6.61 Å². The normalized spacial score (nSPS) is 13.3. The van der Waals surface area contributed by atoms with Crippen molar-refractivity contribution in [3.63, 3.8) is 0 Å². The van der Waals surface area contributed by atoms with E-state index in [0.717, 1.165) is 17.8 Å². The minimum Gasteiger partial charge on any atom is -0.482 e. The van der Waals surface area contributed by atoms with Crippen molar-refractivity contribution in [3.8, 4) is 5.75 Å². The second-order valence-electron chi connectivity index (χ2n) is 6.98. The zero-order chi connectivity index (χ0) is 19.2. The summed E-state index contributed by atoms with van der Waals surface area (Å²) in [6.45, 7) is 1.76. The molecule has 0 fully saturated rings. The second kappa shape index (κ2) is 8.68. The van der Waals surface area contributed by atoms with Crippen molar-refractivity contribution in [2.24, 2.45) is 0 Å². The number of rotatable bonds is 7. The molecule has 0 saturated heterocycles. The fourth-order valence-corrected chi connectivity index (χ4v) is 3.18. The lowest BCUT2D eigenvalue weighted by molar-refractivity contribution is -0.872. The molecule has 0 atom stereocenters. The van der Waals surface area contributed by atoms with E-state index in [2.05, 4.69) is 25.5 Å². The molecular weight excluding hydrogens is 342 g/mol. The fraction of sp³-hybridized carbons (Fsp3) is 0.333. The third kappa shape index (κ3) is 4.86. The van der Waals surface area contributed by atoms with Crippen LogP contribution in [0.1, 0.15) is 17.5 Å². The topological polar surface area (TPSA) is 63.1 Å². The zero-order valence-corrected chi connectivity index (χ0v) is 15.8. The second-order valence-corrected chi connectivity index (χ2v) is 6.98. The first kappa shape index (κ1) is 18.9. The molecule has 2 aromatic rings. The van der Waals surface area contributed by atoms with Crippen LogP contribution in [0, 0.1) is 0 Å². The maximum Gasteiger partial charge on any atom is 0.265 e. The van der Waals surface area contributed by atoms with Gasteiger partial charge in [-0.15, -0.1) is 0 Å². The van der Waals surface area contributed by atoms with Crippen LogP contribution in [0.5, 0.6) is 5.75 Å². The Hall–Kier alpha value is -2.86. The van der Waals surface area contributed by atoms with Gasteiger partial charge in [0.05, 0.1) is 19.8 Å². The lowest BCUT2D eigenvalue weighted by Crippen LogP contribution is -3.04. The van der Waals surface area contributed by atoms with E-state index in [1.807, 2.05) is 42.5 Å². The van der Waals surface area contributed by atoms with Crippen LogP contribution >= 0.6 is 0 Å². The van der Waals surface area contributed by atoms with Gasteiger partial charge in [-0.2, -0.15) is 0 Å². The highest BCUT2D eigenvalue weighted by molar-refractivity contribution is 5.98. The van der Waals surface area contributed by atoms with E-state index in [1.165, 1.54) is 10.5 Å². The molecule has 0 aliphatic carbocycles. The van der Waals surface area contributed by atoms with Gasteiger partial charge in [0.1, 0.15) is 12.3 Å². The summed E-state index contributed by atoms with van der Waals surface area (Å²) in [4.78, 5) is 27.4. The molecule has 3 rings (SSSR count). The number of anilines is 1. The summed E-state index contributed by atoms with van der Waals surface area (Å²) in [6, 6.07) is 15.5. The molecule has 0 spiro atoms. The van der Waals surface area contributed by atoms with Crippen molar-refractivity contribution in [2.45, 2.75) is 19.5 Å². The molecule has 1 heterocycles. The summed E-state index contributed by atoms with van der Waals surface area (Å²) >= 11 is 0. The Bertz CT molecular complexity index is 820. The van der Waals surface area contributed by atoms with E-state index in [1.54, 1.807) is 4.90 Å². The largest absolute Gasteiger partial charge is 0.482 e. The summed E-state index contributed by atoms with van der Waals surface area (Å²) in [7, 11) is 4.21. The van der Waals surface area contributed by atoms with E-state index < -0.39 is 0 Å². The summed E-state index contributed by atoms with van der Waals surface area (Å²) in [5.41, 5.74) is 3.08. The van der Waals surface area contributed by atoms with Gasteiger partial charge in [-0.3, -0.25) is 9.59 Å². The van der Waals surface area contributed by atoms with Crippen molar-refractivity contribution in [3.05, 3.63) is 59.7 Å². The Balaban J connectivity index is 1.56. The van der Waals surface area contributed by atoms with E-state index in [4.69, 9.17) is 4.74 Å².